The van der Waals surface area contributed by atoms with Crippen LogP contribution in [-0.2, 0) is 11.3 Å². The van der Waals surface area contributed by atoms with Gasteiger partial charge >= 0.3 is 0 Å². The number of nitrogens with two attached hydrogens (primary N) is 1. The lowest BCUT2D eigenvalue weighted by molar-refractivity contribution is 0.0997. The second kappa shape index (κ2) is 5.58. The molecular formula is C11H14FNO3. The monoisotopic (exact) mass is 227 g/mol. The van der Waals surface area contributed by atoms with Crippen molar-refractivity contribution in [3.05, 3.63) is 29.1 Å². The molecule has 4 nitrogen and oxygen atoms in total. The highest BCUT2D eigenvalue weighted by Crippen LogP contribution is 2.23. The van der Waals surface area contributed by atoms with Crippen molar-refractivity contribution in [2.24, 2.45) is 5.73 Å². The number of ketones is 1. The molecule has 1 aromatic carbocycles. The van der Waals surface area contributed by atoms with E-state index in [4.69, 9.17) is 15.2 Å². The largest absolute Gasteiger partial charge is 0.496 e. The average molecular weight is 227 g/mol. The molecule has 0 amide bonds. The topological polar surface area (TPSA) is 61.5 Å². The summed E-state index contributed by atoms with van der Waals surface area (Å²) in [4.78, 5) is 11.3. The Labute approximate surface area is 93.2 Å². The maximum Gasteiger partial charge on any atom is 0.179 e. The van der Waals surface area contributed by atoms with E-state index < -0.39 is 11.6 Å². The predicted octanol–water partition coefficient (Wildman–Crippen LogP) is 1.12. The lowest BCUT2D eigenvalue weighted by Gasteiger charge is -2.10. The number of hydrogen-bond acceptors (Lipinski definition) is 4. The molecule has 0 saturated carbocycles. The summed E-state index contributed by atoms with van der Waals surface area (Å²) in [6.45, 7) is 0.0178. The standard InChI is InChI=1S/C11H14FNO3/c1-15-6-7-3-8(10(14)5-13)9(12)4-11(7)16-2/h3-4H,5-6,13H2,1-2H3. The van der Waals surface area contributed by atoms with E-state index in [1.807, 2.05) is 0 Å². The Kier molecular flexibility index (Phi) is 4.39. The number of carbonyl (C=O) groups is 1. The van der Waals surface area contributed by atoms with Crippen LogP contribution in [0.2, 0.25) is 0 Å². The van der Waals surface area contributed by atoms with Crippen molar-refractivity contribution in [2.45, 2.75) is 6.61 Å². The van der Waals surface area contributed by atoms with Crippen LogP contribution < -0.4 is 10.5 Å². The van der Waals surface area contributed by atoms with Crippen LogP contribution in [0, 0.1) is 5.82 Å². The summed E-state index contributed by atoms with van der Waals surface area (Å²) >= 11 is 0. The number of halogens is 1. The van der Waals surface area contributed by atoms with Crippen molar-refractivity contribution >= 4 is 5.78 Å². The molecule has 0 radical (unpaired) electrons. The van der Waals surface area contributed by atoms with Gasteiger partial charge in [-0.1, -0.05) is 0 Å². The van der Waals surface area contributed by atoms with Gasteiger partial charge in [-0.25, -0.2) is 4.39 Å². The van der Waals surface area contributed by atoms with Crippen LogP contribution in [0.3, 0.4) is 0 Å². The second-order valence-electron chi connectivity index (χ2n) is 3.20. The first-order valence-electron chi connectivity index (χ1n) is 4.72. The number of benzene rings is 1. The van der Waals surface area contributed by atoms with Gasteiger partial charge in [-0.05, 0) is 6.07 Å². The molecule has 0 aliphatic rings. The Morgan fingerprint density at radius 3 is 2.62 bits per heavy atom. The molecule has 0 spiro atoms. The van der Waals surface area contributed by atoms with Crippen LogP contribution in [0.25, 0.3) is 0 Å². The van der Waals surface area contributed by atoms with Crippen molar-refractivity contribution in [3.63, 3.8) is 0 Å². The first kappa shape index (κ1) is 12.6. The van der Waals surface area contributed by atoms with E-state index in [-0.39, 0.29) is 18.7 Å². The minimum Gasteiger partial charge on any atom is -0.496 e. The fourth-order valence-electron chi connectivity index (χ4n) is 1.38. The fraction of sp³-hybridized carbons (Fsp3) is 0.364. The van der Waals surface area contributed by atoms with Gasteiger partial charge in [0.15, 0.2) is 5.78 Å². The van der Waals surface area contributed by atoms with Crippen molar-refractivity contribution in [1.29, 1.82) is 0 Å². The lowest BCUT2D eigenvalue weighted by Crippen LogP contribution is -2.15. The van der Waals surface area contributed by atoms with Crippen LogP contribution >= 0.6 is 0 Å². The smallest absolute Gasteiger partial charge is 0.179 e. The summed E-state index contributed by atoms with van der Waals surface area (Å²) in [6.07, 6.45) is 0. The number of ether oxygens (including phenoxy) is 2. The molecular weight excluding hydrogens is 213 g/mol. The normalized spacial score (nSPS) is 10.2. The van der Waals surface area contributed by atoms with Crippen molar-refractivity contribution < 1.29 is 18.7 Å². The highest BCUT2D eigenvalue weighted by atomic mass is 19.1. The number of carbonyl (C=O) groups excluding carboxylic acids is 1. The summed E-state index contributed by atoms with van der Waals surface area (Å²) in [6, 6.07) is 2.57. The van der Waals surface area contributed by atoms with Gasteiger partial charge in [-0.2, -0.15) is 0 Å². The molecule has 0 aliphatic heterocycles. The van der Waals surface area contributed by atoms with E-state index in [0.717, 1.165) is 6.07 Å². The third kappa shape index (κ3) is 2.56. The third-order valence-corrected chi connectivity index (χ3v) is 2.16. The molecule has 16 heavy (non-hydrogen) atoms. The highest BCUT2D eigenvalue weighted by molar-refractivity contribution is 5.98. The third-order valence-electron chi connectivity index (χ3n) is 2.16. The zero-order valence-electron chi connectivity index (χ0n) is 9.25. The van der Waals surface area contributed by atoms with E-state index in [2.05, 4.69) is 0 Å². The van der Waals surface area contributed by atoms with E-state index in [1.165, 1.54) is 20.3 Å². The number of hydrogen-bond donors (Lipinski definition) is 1. The van der Waals surface area contributed by atoms with Gasteiger partial charge in [0, 0.05) is 18.7 Å². The molecule has 0 saturated heterocycles. The number of methoxy groups -OCH3 is 2. The summed E-state index contributed by atoms with van der Waals surface area (Å²) in [5.41, 5.74) is 5.77. The Morgan fingerprint density at radius 1 is 1.44 bits per heavy atom. The number of rotatable bonds is 5. The predicted molar refractivity (Wildman–Crippen MR) is 57.0 cm³/mol. The van der Waals surface area contributed by atoms with E-state index in [0.29, 0.717) is 11.3 Å². The van der Waals surface area contributed by atoms with Gasteiger partial charge in [0.05, 0.1) is 25.8 Å². The molecule has 88 valence electrons. The molecule has 5 heteroatoms. The van der Waals surface area contributed by atoms with Gasteiger partial charge in [0.25, 0.3) is 0 Å². The molecule has 0 unspecified atom stereocenters. The van der Waals surface area contributed by atoms with Crippen LogP contribution in [0.4, 0.5) is 4.39 Å². The molecule has 0 aromatic heterocycles. The first-order valence-corrected chi connectivity index (χ1v) is 4.72. The van der Waals surface area contributed by atoms with Crippen LogP contribution in [0.15, 0.2) is 12.1 Å². The molecule has 0 fully saturated rings. The van der Waals surface area contributed by atoms with Crippen LogP contribution in [0.5, 0.6) is 5.75 Å². The van der Waals surface area contributed by atoms with Crippen LogP contribution in [0.1, 0.15) is 15.9 Å². The van der Waals surface area contributed by atoms with Gasteiger partial charge in [0.2, 0.25) is 0 Å². The highest BCUT2D eigenvalue weighted by Gasteiger charge is 2.15. The Balaban J connectivity index is 3.21. The Bertz CT molecular complexity index is 393. The zero-order chi connectivity index (χ0) is 12.1. The lowest BCUT2D eigenvalue weighted by atomic mass is 10.1. The summed E-state index contributed by atoms with van der Waals surface area (Å²) in [5.74, 6) is -0.724. The summed E-state index contributed by atoms with van der Waals surface area (Å²) in [5, 5.41) is 0. The number of Topliss-reactive ketones (excluding diaryl/α,β-unsaturated/α-hetero) is 1. The molecule has 0 aliphatic carbocycles. The van der Waals surface area contributed by atoms with E-state index >= 15 is 0 Å². The molecule has 0 bridgehead atoms. The average Bonchev–Trinajstić information content (AvgIpc) is 2.30. The minimum atomic E-state index is -0.632. The Hall–Kier alpha value is -1.46. The molecule has 0 atom stereocenters. The minimum absolute atomic E-state index is 0.0321. The van der Waals surface area contributed by atoms with Gasteiger partial charge < -0.3 is 15.2 Å². The van der Waals surface area contributed by atoms with Gasteiger partial charge in [0.1, 0.15) is 11.6 Å². The summed E-state index contributed by atoms with van der Waals surface area (Å²) < 4.78 is 23.4. The Morgan fingerprint density at radius 2 is 2.12 bits per heavy atom. The van der Waals surface area contributed by atoms with Gasteiger partial charge in [-0.15, -0.1) is 0 Å². The molecule has 0 heterocycles. The zero-order valence-corrected chi connectivity index (χ0v) is 9.25. The van der Waals surface area contributed by atoms with Gasteiger partial charge in [-0.3, -0.25) is 4.79 Å². The maximum atomic E-state index is 13.5. The fourth-order valence-corrected chi connectivity index (χ4v) is 1.38. The molecule has 1 aromatic rings. The van der Waals surface area contributed by atoms with E-state index in [9.17, 15) is 9.18 Å². The second-order valence-corrected chi connectivity index (χ2v) is 3.20. The quantitative estimate of drug-likeness (QED) is 0.766. The first-order chi connectivity index (χ1) is 7.63. The SMILES string of the molecule is COCc1cc(C(=O)CN)c(F)cc1OC. The molecule has 2 N–H and O–H groups in total. The maximum absolute atomic E-state index is 13.5. The van der Waals surface area contributed by atoms with Crippen molar-refractivity contribution in [2.75, 3.05) is 20.8 Å². The van der Waals surface area contributed by atoms with Crippen molar-refractivity contribution in [3.8, 4) is 5.75 Å². The summed E-state index contributed by atoms with van der Waals surface area (Å²) in [7, 11) is 2.94. The van der Waals surface area contributed by atoms with E-state index in [1.54, 1.807) is 0 Å². The van der Waals surface area contributed by atoms with Crippen molar-refractivity contribution in [1.82, 2.24) is 0 Å². The molecule has 1 rings (SSSR count). The van der Waals surface area contributed by atoms with Crippen LogP contribution in [-0.4, -0.2) is 26.5 Å².